The number of rotatable bonds is 38. The van der Waals surface area contributed by atoms with Gasteiger partial charge in [-0.25, -0.2) is 4.57 Å². The third kappa shape index (κ3) is 29.7. The molecular weight excluding hydrogens is 803 g/mol. The van der Waals surface area contributed by atoms with Crippen LogP contribution in [0.5, 0.6) is 0 Å². The normalized spacial score (nSPS) is 22.4. The number of allylic oxidation sites excluding steroid dienone is 8. The molecule has 0 aromatic carbocycles. The molecule has 1 aliphatic carbocycles. The third-order valence-corrected chi connectivity index (χ3v) is 11.7. The van der Waals surface area contributed by atoms with Crippen LogP contribution in [-0.2, 0) is 32.7 Å². The molecule has 354 valence electrons. The lowest BCUT2D eigenvalue weighted by Crippen LogP contribution is -2.64. The van der Waals surface area contributed by atoms with Gasteiger partial charge in [0.25, 0.3) is 0 Å². The van der Waals surface area contributed by atoms with Gasteiger partial charge in [0.15, 0.2) is 6.10 Å². The van der Waals surface area contributed by atoms with E-state index in [4.69, 9.17) is 18.5 Å². The van der Waals surface area contributed by atoms with E-state index in [0.717, 1.165) is 51.4 Å². The highest BCUT2D eigenvalue weighted by Crippen LogP contribution is 2.47. The summed E-state index contributed by atoms with van der Waals surface area (Å²) >= 11 is 0. The van der Waals surface area contributed by atoms with Gasteiger partial charge in [0.2, 0.25) is 0 Å². The number of aliphatic hydroxyl groups is 5. The number of hydrogen-bond acceptors (Lipinski definition) is 12. The van der Waals surface area contributed by atoms with E-state index < -0.39 is 75.7 Å². The molecule has 0 spiro atoms. The molecule has 1 saturated carbocycles. The third-order valence-electron chi connectivity index (χ3n) is 10.7. The van der Waals surface area contributed by atoms with Gasteiger partial charge in [-0.05, 0) is 51.4 Å². The standard InChI is InChI=1S/C47H83O13P/c1-3-5-7-9-11-13-15-17-19-20-22-23-25-27-29-31-33-35-40(48)57-37-39(38-58-61(55,56)60-47-45(53)43(51)42(50)44(52)46(47)54)59-41(49)36-34-32-30-28-26-24-21-18-16-14-12-10-8-6-4-2/h11,13,17,19,22-23,27,29,39,42-47,50-54H,3-10,12,14-16,18,20-21,24-26,28,30-38H2,1-2H3,(H,55,56). The molecule has 0 bridgehead atoms. The zero-order valence-corrected chi connectivity index (χ0v) is 38.3. The van der Waals surface area contributed by atoms with Crippen molar-refractivity contribution in [3.8, 4) is 0 Å². The van der Waals surface area contributed by atoms with Crippen LogP contribution in [0.1, 0.15) is 181 Å². The fourth-order valence-corrected chi connectivity index (χ4v) is 7.84. The summed E-state index contributed by atoms with van der Waals surface area (Å²) in [6.45, 7) is 3.23. The number of esters is 2. The summed E-state index contributed by atoms with van der Waals surface area (Å²) in [6, 6.07) is 0. The molecule has 6 unspecified atom stereocenters. The second kappa shape index (κ2) is 37.2. The second-order valence-corrected chi connectivity index (χ2v) is 17.7. The van der Waals surface area contributed by atoms with E-state index in [9.17, 15) is 44.6 Å². The minimum Gasteiger partial charge on any atom is -0.462 e. The van der Waals surface area contributed by atoms with Gasteiger partial charge in [-0.2, -0.15) is 0 Å². The van der Waals surface area contributed by atoms with E-state index in [-0.39, 0.29) is 12.8 Å². The average Bonchev–Trinajstić information content (AvgIpc) is 3.24. The van der Waals surface area contributed by atoms with Gasteiger partial charge in [-0.3, -0.25) is 18.6 Å². The fourth-order valence-electron chi connectivity index (χ4n) is 6.87. The number of hydrogen-bond donors (Lipinski definition) is 6. The number of phosphoric ester groups is 1. The van der Waals surface area contributed by atoms with Gasteiger partial charge in [0.1, 0.15) is 43.2 Å². The van der Waals surface area contributed by atoms with Crippen LogP contribution in [0, 0.1) is 0 Å². The molecule has 61 heavy (non-hydrogen) atoms. The Morgan fingerprint density at radius 3 is 1.39 bits per heavy atom. The van der Waals surface area contributed by atoms with Crippen LogP contribution < -0.4 is 0 Å². The van der Waals surface area contributed by atoms with E-state index in [1.807, 2.05) is 12.2 Å². The van der Waals surface area contributed by atoms with Gasteiger partial charge in [0.05, 0.1) is 6.61 Å². The lowest BCUT2D eigenvalue weighted by molar-refractivity contribution is -0.220. The van der Waals surface area contributed by atoms with E-state index in [1.54, 1.807) is 0 Å². The van der Waals surface area contributed by atoms with Crippen molar-refractivity contribution >= 4 is 19.8 Å². The van der Waals surface area contributed by atoms with Crippen molar-refractivity contribution in [3.63, 3.8) is 0 Å². The Labute approximate surface area is 367 Å². The molecule has 13 nitrogen and oxygen atoms in total. The molecule has 6 atom stereocenters. The molecule has 0 heterocycles. The van der Waals surface area contributed by atoms with Crippen LogP contribution in [0.4, 0.5) is 0 Å². The largest absolute Gasteiger partial charge is 0.472 e. The summed E-state index contributed by atoms with van der Waals surface area (Å²) < 4.78 is 33.5. The highest BCUT2D eigenvalue weighted by Gasteiger charge is 2.51. The minimum absolute atomic E-state index is 0.0869. The molecule has 0 radical (unpaired) electrons. The zero-order chi connectivity index (χ0) is 45.0. The van der Waals surface area contributed by atoms with E-state index in [0.29, 0.717) is 19.3 Å². The van der Waals surface area contributed by atoms with Crippen LogP contribution in [0.15, 0.2) is 48.6 Å². The maximum atomic E-state index is 12.8. The number of phosphoric acid groups is 1. The van der Waals surface area contributed by atoms with Gasteiger partial charge in [-0.15, -0.1) is 0 Å². The summed E-state index contributed by atoms with van der Waals surface area (Å²) in [7, 11) is -5.13. The van der Waals surface area contributed by atoms with Gasteiger partial charge < -0.3 is 39.9 Å². The molecule has 0 aromatic heterocycles. The van der Waals surface area contributed by atoms with Crippen molar-refractivity contribution in [1.82, 2.24) is 0 Å². The molecule has 1 aliphatic rings. The molecule has 6 N–H and O–H groups in total. The van der Waals surface area contributed by atoms with Crippen molar-refractivity contribution in [1.29, 1.82) is 0 Å². The molecule has 1 rings (SSSR count). The molecule has 0 amide bonds. The van der Waals surface area contributed by atoms with Crippen LogP contribution in [0.3, 0.4) is 0 Å². The highest BCUT2D eigenvalue weighted by molar-refractivity contribution is 7.47. The van der Waals surface area contributed by atoms with E-state index in [2.05, 4.69) is 50.3 Å². The first-order valence-corrected chi connectivity index (χ1v) is 24.9. The number of carbonyl (C=O) groups excluding carboxylic acids is 2. The predicted octanol–water partition coefficient (Wildman–Crippen LogP) is 9.17. The minimum atomic E-state index is -5.13. The molecule has 1 fully saturated rings. The van der Waals surface area contributed by atoms with Gasteiger partial charge in [-0.1, -0.05) is 165 Å². The summed E-state index contributed by atoms with van der Waals surface area (Å²) in [4.78, 5) is 35.7. The lowest BCUT2D eigenvalue weighted by atomic mass is 9.85. The Balaban J connectivity index is 2.49. The fraction of sp³-hybridized carbons (Fsp3) is 0.787. The first-order chi connectivity index (χ1) is 29.4. The monoisotopic (exact) mass is 887 g/mol. The Kier molecular flexibility index (Phi) is 34.7. The van der Waals surface area contributed by atoms with Crippen molar-refractivity contribution in [2.75, 3.05) is 13.2 Å². The van der Waals surface area contributed by atoms with Crippen molar-refractivity contribution < 1.29 is 63.1 Å². The number of ether oxygens (including phenoxy) is 2. The van der Waals surface area contributed by atoms with Crippen LogP contribution in [0.25, 0.3) is 0 Å². The summed E-state index contributed by atoms with van der Waals surface area (Å²) in [6.07, 6.45) is 30.2. The summed E-state index contributed by atoms with van der Waals surface area (Å²) in [5.41, 5.74) is 0. The lowest BCUT2D eigenvalue weighted by Gasteiger charge is -2.41. The smallest absolute Gasteiger partial charge is 0.462 e. The second-order valence-electron chi connectivity index (χ2n) is 16.3. The first-order valence-electron chi connectivity index (χ1n) is 23.4. The molecule has 0 saturated heterocycles. The predicted molar refractivity (Wildman–Crippen MR) is 239 cm³/mol. The Bertz CT molecular complexity index is 1250. The van der Waals surface area contributed by atoms with Gasteiger partial charge >= 0.3 is 19.8 Å². The number of carbonyl (C=O) groups is 2. The number of aliphatic hydroxyl groups excluding tert-OH is 5. The molecular formula is C47H83O13P. The topological polar surface area (TPSA) is 210 Å². The quantitative estimate of drug-likeness (QED) is 0.0148. The first kappa shape index (κ1) is 56.8. The maximum absolute atomic E-state index is 12.8. The Hall–Kier alpha value is -2.19. The molecule has 14 heteroatoms. The summed E-state index contributed by atoms with van der Waals surface area (Å²) in [5, 5.41) is 50.1. The van der Waals surface area contributed by atoms with Crippen molar-refractivity contribution in [2.24, 2.45) is 0 Å². The van der Waals surface area contributed by atoms with Crippen molar-refractivity contribution in [2.45, 2.75) is 224 Å². The van der Waals surface area contributed by atoms with E-state index in [1.165, 1.54) is 83.5 Å². The SMILES string of the molecule is CCCCCC=CCC=CCC=CCC=CCCCC(=O)OCC(COP(=O)(O)OC1C(O)C(O)C(O)C(O)C1O)OC(=O)CCCCCCCCCCCCCCCCC. The molecule has 0 aliphatic heterocycles. The average molecular weight is 887 g/mol. The Morgan fingerprint density at radius 2 is 0.902 bits per heavy atom. The molecule has 0 aromatic rings. The summed E-state index contributed by atoms with van der Waals surface area (Å²) in [5.74, 6) is -1.16. The zero-order valence-electron chi connectivity index (χ0n) is 37.4. The van der Waals surface area contributed by atoms with Crippen molar-refractivity contribution in [3.05, 3.63) is 48.6 Å². The number of unbranched alkanes of at least 4 members (excludes halogenated alkanes) is 18. The van der Waals surface area contributed by atoms with Crippen LogP contribution >= 0.6 is 7.82 Å². The maximum Gasteiger partial charge on any atom is 0.472 e. The highest BCUT2D eigenvalue weighted by atomic mass is 31.2. The van der Waals surface area contributed by atoms with E-state index >= 15 is 0 Å². The Morgan fingerprint density at radius 1 is 0.508 bits per heavy atom. The van der Waals surface area contributed by atoms with Gasteiger partial charge in [0, 0.05) is 12.8 Å². The van der Waals surface area contributed by atoms with Crippen LogP contribution in [-0.4, -0.2) is 98.3 Å². The van der Waals surface area contributed by atoms with Crippen LogP contribution in [0.2, 0.25) is 0 Å².